The number of aryl methyl sites for hydroxylation is 1. The molecule has 0 aliphatic rings. The van der Waals surface area contributed by atoms with Crippen LogP contribution in [0.4, 0.5) is 0 Å². The minimum absolute atomic E-state index is 0.0148. The molecule has 3 rings (SSSR count). The van der Waals surface area contributed by atoms with E-state index >= 15 is 0 Å². The van der Waals surface area contributed by atoms with Gasteiger partial charge >= 0.3 is 0 Å². The first-order chi connectivity index (χ1) is 8.66. The number of H-pyrrole nitrogens is 1. The molecule has 4 heteroatoms. The molecular weight excluding hydrogens is 228 g/mol. The molecule has 0 saturated heterocycles. The molecule has 1 aromatic heterocycles. The van der Waals surface area contributed by atoms with Crippen LogP contribution < -0.4 is 5.56 Å². The minimum Gasteiger partial charge on any atom is -0.507 e. The maximum absolute atomic E-state index is 12.2. The SMILES string of the molecule is Cc1cc(O)c2c(=O)n(-c3ccccc3)[nH]c2c1. The lowest BCUT2D eigenvalue weighted by molar-refractivity contribution is 0.481. The highest BCUT2D eigenvalue weighted by Crippen LogP contribution is 2.22. The fourth-order valence-corrected chi connectivity index (χ4v) is 2.12. The van der Waals surface area contributed by atoms with E-state index in [-0.39, 0.29) is 11.3 Å². The van der Waals surface area contributed by atoms with Crippen LogP contribution in [0.15, 0.2) is 47.3 Å². The second-order valence-corrected chi connectivity index (χ2v) is 4.29. The summed E-state index contributed by atoms with van der Waals surface area (Å²) < 4.78 is 1.43. The molecule has 0 aliphatic heterocycles. The molecule has 1 heterocycles. The fourth-order valence-electron chi connectivity index (χ4n) is 2.12. The third-order valence-electron chi connectivity index (χ3n) is 2.93. The zero-order chi connectivity index (χ0) is 12.7. The third kappa shape index (κ3) is 1.50. The van der Waals surface area contributed by atoms with Gasteiger partial charge in [-0.2, -0.15) is 0 Å². The van der Waals surface area contributed by atoms with Crippen LogP contribution in [-0.2, 0) is 0 Å². The summed E-state index contributed by atoms with van der Waals surface area (Å²) in [6.07, 6.45) is 0. The van der Waals surface area contributed by atoms with E-state index in [0.29, 0.717) is 10.9 Å². The topological polar surface area (TPSA) is 58.0 Å². The normalized spacial score (nSPS) is 10.9. The molecule has 2 aromatic carbocycles. The van der Waals surface area contributed by atoms with E-state index < -0.39 is 0 Å². The number of hydrogen-bond acceptors (Lipinski definition) is 2. The molecule has 2 N–H and O–H groups in total. The first kappa shape index (κ1) is 10.7. The van der Waals surface area contributed by atoms with Gasteiger partial charge in [-0.05, 0) is 36.8 Å². The van der Waals surface area contributed by atoms with Crippen molar-refractivity contribution in [2.75, 3.05) is 0 Å². The van der Waals surface area contributed by atoms with Gasteiger partial charge in [0.05, 0.1) is 11.2 Å². The molecule has 0 bridgehead atoms. The van der Waals surface area contributed by atoms with Gasteiger partial charge in [-0.3, -0.25) is 9.89 Å². The molecule has 0 unspecified atom stereocenters. The molecular formula is C14H12N2O2. The number of rotatable bonds is 1. The van der Waals surface area contributed by atoms with Crippen LogP contribution in [0.25, 0.3) is 16.6 Å². The van der Waals surface area contributed by atoms with Gasteiger partial charge in [-0.15, -0.1) is 0 Å². The van der Waals surface area contributed by atoms with E-state index in [4.69, 9.17) is 0 Å². The number of para-hydroxylation sites is 1. The number of phenols is 1. The highest BCUT2D eigenvalue weighted by atomic mass is 16.3. The number of nitrogens with zero attached hydrogens (tertiary/aromatic N) is 1. The van der Waals surface area contributed by atoms with Gasteiger partial charge in [0.15, 0.2) is 0 Å². The maximum atomic E-state index is 12.2. The summed E-state index contributed by atoms with van der Waals surface area (Å²) in [7, 11) is 0. The van der Waals surface area contributed by atoms with Crippen molar-refractivity contribution >= 4 is 10.9 Å². The lowest BCUT2D eigenvalue weighted by Crippen LogP contribution is -2.13. The molecule has 0 amide bonds. The fraction of sp³-hybridized carbons (Fsp3) is 0.0714. The van der Waals surface area contributed by atoms with Crippen LogP contribution in [0, 0.1) is 6.92 Å². The third-order valence-corrected chi connectivity index (χ3v) is 2.93. The van der Waals surface area contributed by atoms with E-state index in [1.54, 1.807) is 6.07 Å². The molecule has 90 valence electrons. The van der Waals surface area contributed by atoms with Crippen LogP contribution in [0.5, 0.6) is 5.75 Å². The second-order valence-electron chi connectivity index (χ2n) is 4.29. The maximum Gasteiger partial charge on any atom is 0.282 e. The largest absolute Gasteiger partial charge is 0.507 e. The van der Waals surface area contributed by atoms with Gasteiger partial charge < -0.3 is 5.11 Å². The number of aromatic amines is 1. The van der Waals surface area contributed by atoms with Crippen molar-refractivity contribution in [1.82, 2.24) is 9.78 Å². The van der Waals surface area contributed by atoms with Crippen molar-refractivity contribution in [3.05, 3.63) is 58.4 Å². The van der Waals surface area contributed by atoms with Crippen LogP contribution in [0.1, 0.15) is 5.56 Å². The Morgan fingerprint density at radius 2 is 1.89 bits per heavy atom. The monoisotopic (exact) mass is 240 g/mol. The zero-order valence-corrected chi connectivity index (χ0v) is 9.84. The van der Waals surface area contributed by atoms with Crippen LogP contribution in [-0.4, -0.2) is 14.9 Å². The summed E-state index contributed by atoms with van der Waals surface area (Å²) in [6.45, 7) is 1.87. The van der Waals surface area contributed by atoms with Gasteiger partial charge in [0.2, 0.25) is 0 Å². The van der Waals surface area contributed by atoms with Gasteiger partial charge in [0, 0.05) is 0 Å². The van der Waals surface area contributed by atoms with Crippen LogP contribution in [0.3, 0.4) is 0 Å². The Hall–Kier alpha value is -2.49. The van der Waals surface area contributed by atoms with Crippen molar-refractivity contribution < 1.29 is 5.11 Å². The highest BCUT2D eigenvalue weighted by molar-refractivity contribution is 5.85. The second kappa shape index (κ2) is 3.77. The van der Waals surface area contributed by atoms with E-state index in [1.807, 2.05) is 43.3 Å². The summed E-state index contributed by atoms with van der Waals surface area (Å²) in [5.41, 5.74) is 2.05. The standard InChI is InChI=1S/C14H12N2O2/c1-9-7-11-13(12(17)8-9)14(18)16(15-11)10-5-3-2-4-6-10/h2-8,15,17H,1H3. The molecule has 4 nitrogen and oxygen atoms in total. The number of aromatic hydroxyl groups is 1. The molecule has 18 heavy (non-hydrogen) atoms. The number of benzene rings is 2. The Morgan fingerprint density at radius 3 is 2.61 bits per heavy atom. The van der Waals surface area contributed by atoms with Crippen molar-refractivity contribution in [3.8, 4) is 11.4 Å². The van der Waals surface area contributed by atoms with Crippen molar-refractivity contribution in [1.29, 1.82) is 0 Å². The van der Waals surface area contributed by atoms with Crippen LogP contribution in [0.2, 0.25) is 0 Å². The summed E-state index contributed by atoms with van der Waals surface area (Å²) >= 11 is 0. The molecule has 3 aromatic rings. The molecule has 0 atom stereocenters. The quantitative estimate of drug-likeness (QED) is 0.685. The van der Waals surface area contributed by atoms with E-state index in [1.165, 1.54) is 4.68 Å². The van der Waals surface area contributed by atoms with E-state index in [9.17, 15) is 9.90 Å². The van der Waals surface area contributed by atoms with Crippen molar-refractivity contribution in [3.63, 3.8) is 0 Å². The summed E-state index contributed by atoms with van der Waals surface area (Å²) in [6, 6.07) is 12.7. The van der Waals surface area contributed by atoms with Crippen molar-refractivity contribution in [2.24, 2.45) is 0 Å². The Balaban J connectivity index is 2.37. The van der Waals surface area contributed by atoms with Gasteiger partial charge in [-0.1, -0.05) is 18.2 Å². The number of phenolic OH excluding ortho intramolecular Hbond substituents is 1. The molecule has 0 saturated carbocycles. The summed E-state index contributed by atoms with van der Waals surface area (Å²) in [5.74, 6) is 0.0148. The number of fused-ring (bicyclic) bond motifs is 1. The molecule has 0 radical (unpaired) electrons. The summed E-state index contributed by atoms with van der Waals surface area (Å²) in [4.78, 5) is 12.2. The number of nitrogens with one attached hydrogen (secondary N) is 1. The average molecular weight is 240 g/mol. The number of aromatic nitrogens is 2. The zero-order valence-electron chi connectivity index (χ0n) is 9.84. The predicted molar refractivity (Wildman–Crippen MR) is 70.3 cm³/mol. The van der Waals surface area contributed by atoms with Gasteiger partial charge in [-0.25, -0.2) is 4.68 Å². The van der Waals surface area contributed by atoms with Crippen molar-refractivity contribution in [2.45, 2.75) is 6.92 Å². The van der Waals surface area contributed by atoms with Crippen LogP contribution >= 0.6 is 0 Å². The van der Waals surface area contributed by atoms with Gasteiger partial charge in [0.1, 0.15) is 11.1 Å². The number of hydrogen-bond donors (Lipinski definition) is 2. The Kier molecular flexibility index (Phi) is 2.23. The Morgan fingerprint density at radius 1 is 1.17 bits per heavy atom. The first-order valence-electron chi connectivity index (χ1n) is 5.66. The summed E-state index contributed by atoms with van der Waals surface area (Å²) in [5, 5.41) is 13.2. The van der Waals surface area contributed by atoms with E-state index in [0.717, 1.165) is 11.3 Å². The smallest absolute Gasteiger partial charge is 0.282 e. The minimum atomic E-state index is -0.242. The molecule has 0 spiro atoms. The molecule has 0 fully saturated rings. The Bertz CT molecular complexity index is 770. The average Bonchev–Trinajstić information content (AvgIpc) is 2.67. The van der Waals surface area contributed by atoms with Gasteiger partial charge in [0.25, 0.3) is 5.56 Å². The lowest BCUT2D eigenvalue weighted by atomic mass is 10.2. The molecule has 0 aliphatic carbocycles. The van der Waals surface area contributed by atoms with E-state index in [2.05, 4.69) is 5.10 Å². The highest BCUT2D eigenvalue weighted by Gasteiger charge is 2.12. The predicted octanol–water partition coefficient (Wildman–Crippen LogP) is 2.33. The Labute approximate surface area is 103 Å². The first-order valence-corrected chi connectivity index (χ1v) is 5.66. The lowest BCUT2D eigenvalue weighted by Gasteiger charge is -1.99.